The molecule has 1 saturated heterocycles. The first-order valence-corrected chi connectivity index (χ1v) is 10.2. The van der Waals surface area contributed by atoms with Crippen LogP contribution in [0.1, 0.15) is 28.4 Å². The summed E-state index contributed by atoms with van der Waals surface area (Å²) >= 11 is 0. The van der Waals surface area contributed by atoms with Crippen molar-refractivity contribution in [2.45, 2.75) is 20.3 Å². The molecule has 0 aliphatic carbocycles. The third kappa shape index (κ3) is 6.41. The molecule has 2 aromatic carbocycles. The molecule has 6 nitrogen and oxygen atoms in total. The molecule has 154 valence electrons. The minimum absolute atomic E-state index is 0.170. The molecule has 1 fully saturated rings. The van der Waals surface area contributed by atoms with Gasteiger partial charge in [0.05, 0.1) is 19.8 Å². The summed E-state index contributed by atoms with van der Waals surface area (Å²) in [4.78, 5) is 19.7. The highest BCUT2D eigenvalue weighted by atomic mass is 16.5. The van der Waals surface area contributed by atoms with Crippen molar-refractivity contribution in [1.82, 2.24) is 10.2 Å². The number of carbonyl (C=O) groups is 1. The van der Waals surface area contributed by atoms with Crippen LogP contribution in [0.15, 0.2) is 53.5 Å². The van der Waals surface area contributed by atoms with Crippen molar-refractivity contribution < 1.29 is 9.53 Å². The van der Waals surface area contributed by atoms with Gasteiger partial charge in [-0.3, -0.25) is 20.0 Å². The second kappa shape index (κ2) is 10.7. The maximum atomic E-state index is 12.7. The van der Waals surface area contributed by atoms with Gasteiger partial charge in [0.1, 0.15) is 0 Å². The summed E-state index contributed by atoms with van der Waals surface area (Å²) in [5.74, 6) is 0.307. The third-order valence-corrected chi connectivity index (χ3v) is 4.99. The predicted octanol–water partition coefficient (Wildman–Crippen LogP) is 3.09. The molecule has 0 saturated carbocycles. The van der Waals surface area contributed by atoms with Gasteiger partial charge in [-0.1, -0.05) is 42.8 Å². The number of nitrogens with one attached hydrogen (secondary N) is 2. The summed E-state index contributed by atoms with van der Waals surface area (Å²) in [7, 11) is 0. The van der Waals surface area contributed by atoms with Gasteiger partial charge in [0.15, 0.2) is 0 Å². The van der Waals surface area contributed by atoms with Crippen molar-refractivity contribution in [2.75, 3.05) is 44.7 Å². The molecule has 29 heavy (non-hydrogen) atoms. The number of carbonyl (C=O) groups excluding carboxylic acids is 1. The predicted molar refractivity (Wildman–Crippen MR) is 118 cm³/mol. The summed E-state index contributed by atoms with van der Waals surface area (Å²) < 4.78 is 5.39. The van der Waals surface area contributed by atoms with E-state index in [1.807, 2.05) is 49.4 Å². The molecular formula is C23H30N4O2. The van der Waals surface area contributed by atoms with Crippen LogP contribution in [0.5, 0.6) is 0 Å². The number of morpholine rings is 1. The maximum Gasteiger partial charge on any atom is 0.257 e. The van der Waals surface area contributed by atoms with E-state index in [1.165, 1.54) is 5.56 Å². The van der Waals surface area contributed by atoms with Crippen LogP contribution >= 0.6 is 0 Å². The molecule has 1 aliphatic rings. The number of guanidine groups is 1. The van der Waals surface area contributed by atoms with E-state index in [9.17, 15) is 4.79 Å². The summed E-state index contributed by atoms with van der Waals surface area (Å²) in [6, 6.07) is 15.6. The lowest BCUT2D eigenvalue weighted by Gasteiger charge is -2.25. The van der Waals surface area contributed by atoms with Crippen LogP contribution < -0.4 is 10.6 Å². The number of ether oxygens (including phenoxy) is 1. The van der Waals surface area contributed by atoms with Gasteiger partial charge in [-0.2, -0.15) is 0 Å². The van der Waals surface area contributed by atoms with Gasteiger partial charge in [-0.15, -0.1) is 0 Å². The molecule has 0 unspecified atom stereocenters. The lowest BCUT2D eigenvalue weighted by molar-refractivity contribution is 0.0394. The first kappa shape index (κ1) is 21.0. The summed E-state index contributed by atoms with van der Waals surface area (Å²) in [5.41, 5.74) is 3.88. The third-order valence-electron chi connectivity index (χ3n) is 4.99. The average Bonchev–Trinajstić information content (AvgIpc) is 2.75. The zero-order valence-corrected chi connectivity index (χ0v) is 17.3. The van der Waals surface area contributed by atoms with Gasteiger partial charge in [-0.05, 0) is 37.1 Å². The highest BCUT2D eigenvalue weighted by Crippen LogP contribution is 2.15. The number of anilines is 1. The lowest BCUT2D eigenvalue weighted by Crippen LogP contribution is -2.39. The smallest absolute Gasteiger partial charge is 0.257 e. The Morgan fingerprint density at radius 2 is 1.83 bits per heavy atom. The zero-order valence-electron chi connectivity index (χ0n) is 17.3. The van der Waals surface area contributed by atoms with Gasteiger partial charge in [0, 0.05) is 30.9 Å². The van der Waals surface area contributed by atoms with Crippen molar-refractivity contribution in [3.63, 3.8) is 0 Å². The molecule has 0 spiro atoms. The Labute approximate surface area is 173 Å². The van der Waals surface area contributed by atoms with Crippen LogP contribution in [-0.4, -0.2) is 56.2 Å². The number of aliphatic imine (C=N–C) groups is 1. The summed E-state index contributed by atoms with van der Waals surface area (Å²) in [5, 5.41) is 6.27. The normalized spacial score (nSPS) is 15.2. The fourth-order valence-corrected chi connectivity index (χ4v) is 3.20. The largest absolute Gasteiger partial charge is 0.379 e. The number of hydrogen-bond donors (Lipinski definition) is 2. The summed E-state index contributed by atoms with van der Waals surface area (Å²) in [6.07, 6.45) is 0.899. The number of nitrogens with zero attached hydrogens (tertiary/aromatic N) is 2. The van der Waals surface area contributed by atoms with E-state index < -0.39 is 0 Å². The Morgan fingerprint density at radius 3 is 2.55 bits per heavy atom. The Kier molecular flexibility index (Phi) is 7.78. The van der Waals surface area contributed by atoms with Gasteiger partial charge in [0.2, 0.25) is 5.96 Å². The molecule has 0 aromatic heterocycles. The number of aryl methyl sites for hydroxylation is 2. The molecule has 0 radical (unpaired) electrons. The minimum atomic E-state index is -0.170. The van der Waals surface area contributed by atoms with Crippen molar-refractivity contribution in [3.8, 4) is 0 Å². The second-order valence-electron chi connectivity index (χ2n) is 7.14. The van der Waals surface area contributed by atoms with E-state index in [-0.39, 0.29) is 5.91 Å². The molecule has 1 heterocycles. The van der Waals surface area contributed by atoms with Crippen LogP contribution in [0, 0.1) is 6.92 Å². The standard InChI is InChI=1S/C23H30N4O2/c1-3-19-6-4-5-7-21(19)25-23(24-12-13-27-14-16-29-17-15-27)26-22(28)20-10-8-18(2)9-11-20/h4-11H,3,12-17H2,1-2H3,(H2,24,25,26,28). The molecule has 1 amide bonds. The van der Waals surface area contributed by atoms with E-state index in [0.717, 1.165) is 50.5 Å². The topological polar surface area (TPSA) is 66.0 Å². The van der Waals surface area contributed by atoms with E-state index in [1.54, 1.807) is 0 Å². The van der Waals surface area contributed by atoms with Crippen molar-refractivity contribution in [1.29, 1.82) is 0 Å². The maximum absolute atomic E-state index is 12.7. The highest BCUT2D eigenvalue weighted by molar-refractivity contribution is 6.10. The van der Waals surface area contributed by atoms with E-state index in [2.05, 4.69) is 33.5 Å². The van der Waals surface area contributed by atoms with Crippen LogP contribution in [0.25, 0.3) is 0 Å². The Balaban J connectivity index is 1.71. The fourth-order valence-electron chi connectivity index (χ4n) is 3.20. The fraction of sp³-hybridized carbons (Fsp3) is 0.391. The lowest BCUT2D eigenvalue weighted by atomic mass is 10.1. The van der Waals surface area contributed by atoms with Crippen LogP contribution in [0.3, 0.4) is 0 Å². The van der Waals surface area contributed by atoms with Gasteiger partial charge < -0.3 is 10.1 Å². The average molecular weight is 395 g/mol. The monoisotopic (exact) mass is 394 g/mol. The molecule has 6 heteroatoms. The van der Waals surface area contributed by atoms with E-state index in [0.29, 0.717) is 18.1 Å². The number of benzene rings is 2. The van der Waals surface area contributed by atoms with Crippen molar-refractivity contribution in [3.05, 3.63) is 65.2 Å². The molecule has 3 rings (SSSR count). The quantitative estimate of drug-likeness (QED) is 0.584. The number of amides is 1. The van der Waals surface area contributed by atoms with Gasteiger partial charge in [0.25, 0.3) is 5.91 Å². The Hall–Kier alpha value is -2.70. The SMILES string of the molecule is CCc1ccccc1NC(=NCCN1CCOCC1)NC(=O)c1ccc(C)cc1. The van der Waals surface area contributed by atoms with Crippen LogP contribution in [0.4, 0.5) is 5.69 Å². The first-order chi connectivity index (χ1) is 14.2. The molecule has 0 atom stereocenters. The number of rotatable bonds is 6. The number of hydrogen-bond acceptors (Lipinski definition) is 4. The van der Waals surface area contributed by atoms with E-state index >= 15 is 0 Å². The highest BCUT2D eigenvalue weighted by Gasteiger charge is 2.12. The first-order valence-electron chi connectivity index (χ1n) is 10.2. The van der Waals surface area contributed by atoms with Crippen LogP contribution in [0.2, 0.25) is 0 Å². The Bertz CT molecular complexity index is 827. The second-order valence-corrected chi connectivity index (χ2v) is 7.14. The Morgan fingerprint density at radius 1 is 1.10 bits per heavy atom. The zero-order chi connectivity index (χ0) is 20.5. The van der Waals surface area contributed by atoms with Gasteiger partial charge >= 0.3 is 0 Å². The molecular weight excluding hydrogens is 364 g/mol. The molecule has 0 bridgehead atoms. The molecule has 2 aromatic rings. The van der Waals surface area contributed by atoms with E-state index in [4.69, 9.17) is 4.74 Å². The van der Waals surface area contributed by atoms with Crippen molar-refractivity contribution >= 4 is 17.6 Å². The minimum Gasteiger partial charge on any atom is -0.379 e. The molecule has 2 N–H and O–H groups in total. The number of para-hydroxylation sites is 1. The molecule has 1 aliphatic heterocycles. The van der Waals surface area contributed by atoms with Crippen molar-refractivity contribution in [2.24, 2.45) is 4.99 Å². The van der Waals surface area contributed by atoms with Crippen LogP contribution in [-0.2, 0) is 11.2 Å². The van der Waals surface area contributed by atoms with Gasteiger partial charge in [-0.25, -0.2) is 0 Å². The summed E-state index contributed by atoms with van der Waals surface area (Å²) in [6.45, 7) is 8.93.